The highest BCUT2D eigenvalue weighted by molar-refractivity contribution is 7.99. The van der Waals surface area contributed by atoms with Crippen LogP contribution in [0.4, 0.5) is 5.69 Å². The van der Waals surface area contributed by atoms with Gasteiger partial charge in [0.1, 0.15) is 0 Å². The Hall–Kier alpha value is -2.58. The molecule has 0 saturated carbocycles. The van der Waals surface area contributed by atoms with Crippen molar-refractivity contribution in [3.63, 3.8) is 0 Å². The molecule has 8 heteroatoms. The molecule has 0 radical (unpaired) electrons. The monoisotopic (exact) mass is 480 g/mol. The van der Waals surface area contributed by atoms with Gasteiger partial charge in [-0.05, 0) is 49.8 Å². The van der Waals surface area contributed by atoms with Crippen molar-refractivity contribution >= 4 is 35.1 Å². The normalized spacial score (nSPS) is 15.0. The number of rotatable bonds is 6. The van der Waals surface area contributed by atoms with Crippen LogP contribution in [0.3, 0.4) is 0 Å². The first-order chi connectivity index (χ1) is 15.9. The Morgan fingerprint density at radius 1 is 1.15 bits per heavy atom. The van der Waals surface area contributed by atoms with Crippen molar-refractivity contribution in [2.75, 3.05) is 16.9 Å². The van der Waals surface area contributed by atoms with Crippen LogP contribution in [0, 0.1) is 12.8 Å². The summed E-state index contributed by atoms with van der Waals surface area (Å²) in [6.07, 6.45) is 2.44. The SMILES string of the molecule is CSc1ccc([C@@H]2Oc3nc(SCCC(C)C)nnc3-c3cc(C)ccc3N2C(C)=O)cc1. The van der Waals surface area contributed by atoms with Crippen LogP contribution < -0.4 is 9.64 Å². The number of thioether (sulfide) groups is 2. The first-order valence-electron chi connectivity index (χ1n) is 11.0. The van der Waals surface area contributed by atoms with Gasteiger partial charge in [0.05, 0.1) is 5.69 Å². The van der Waals surface area contributed by atoms with Crippen molar-refractivity contribution in [3.8, 4) is 17.1 Å². The highest BCUT2D eigenvalue weighted by Gasteiger charge is 2.34. The molecule has 0 aliphatic carbocycles. The van der Waals surface area contributed by atoms with Crippen LogP contribution in [0.5, 0.6) is 5.88 Å². The largest absolute Gasteiger partial charge is 0.447 e. The highest BCUT2D eigenvalue weighted by Crippen LogP contribution is 2.44. The first kappa shape index (κ1) is 23.6. The van der Waals surface area contributed by atoms with E-state index in [1.807, 2.05) is 55.6 Å². The Kier molecular flexibility index (Phi) is 7.24. The third kappa shape index (κ3) is 5.17. The van der Waals surface area contributed by atoms with Crippen LogP contribution in [0.2, 0.25) is 0 Å². The number of aromatic nitrogens is 3. The van der Waals surface area contributed by atoms with Crippen molar-refractivity contribution in [2.45, 2.75) is 50.4 Å². The number of carbonyl (C=O) groups is 1. The summed E-state index contributed by atoms with van der Waals surface area (Å²) in [4.78, 5) is 20.5. The van der Waals surface area contributed by atoms with E-state index in [0.29, 0.717) is 22.6 Å². The molecule has 0 N–H and O–H groups in total. The van der Waals surface area contributed by atoms with E-state index < -0.39 is 6.23 Å². The first-order valence-corrected chi connectivity index (χ1v) is 13.2. The van der Waals surface area contributed by atoms with Crippen LogP contribution in [0.15, 0.2) is 52.5 Å². The number of benzene rings is 2. The Morgan fingerprint density at radius 3 is 2.58 bits per heavy atom. The van der Waals surface area contributed by atoms with Gasteiger partial charge in [0.2, 0.25) is 23.2 Å². The van der Waals surface area contributed by atoms with Crippen molar-refractivity contribution in [3.05, 3.63) is 53.6 Å². The van der Waals surface area contributed by atoms with Crippen molar-refractivity contribution in [1.29, 1.82) is 0 Å². The maximum absolute atomic E-state index is 12.9. The topological polar surface area (TPSA) is 68.2 Å². The molecule has 2 aromatic carbocycles. The van der Waals surface area contributed by atoms with Crippen LogP contribution in [0.1, 0.15) is 44.5 Å². The summed E-state index contributed by atoms with van der Waals surface area (Å²) in [7, 11) is 0. The van der Waals surface area contributed by atoms with Crippen molar-refractivity contribution in [1.82, 2.24) is 15.2 Å². The molecule has 0 saturated heterocycles. The third-order valence-electron chi connectivity index (χ3n) is 5.43. The molecule has 6 nitrogen and oxygen atoms in total. The quantitative estimate of drug-likeness (QED) is 0.392. The fourth-order valence-corrected chi connectivity index (χ4v) is 5.08. The van der Waals surface area contributed by atoms with Crippen LogP contribution in [-0.2, 0) is 4.79 Å². The number of hydrogen-bond acceptors (Lipinski definition) is 7. The van der Waals surface area contributed by atoms with E-state index in [4.69, 9.17) is 9.72 Å². The Morgan fingerprint density at radius 2 is 1.91 bits per heavy atom. The highest BCUT2D eigenvalue weighted by atomic mass is 32.2. The molecule has 0 unspecified atom stereocenters. The molecule has 172 valence electrons. The van der Waals surface area contributed by atoms with Gasteiger partial charge in [-0.2, -0.15) is 4.98 Å². The predicted molar refractivity (Wildman–Crippen MR) is 135 cm³/mol. The molecule has 1 atom stereocenters. The molecular formula is C25H28N4O2S2. The smallest absolute Gasteiger partial charge is 0.247 e. The van der Waals surface area contributed by atoms with E-state index >= 15 is 0 Å². The number of amides is 1. The van der Waals surface area contributed by atoms with Gasteiger partial charge in [0.15, 0.2) is 5.69 Å². The minimum atomic E-state index is -0.661. The molecule has 3 aromatic rings. The molecular weight excluding hydrogens is 452 g/mol. The van der Waals surface area contributed by atoms with E-state index in [0.717, 1.165) is 39.4 Å². The summed E-state index contributed by atoms with van der Waals surface area (Å²) in [6, 6.07) is 14.0. The fourth-order valence-electron chi connectivity index (χ4n) is 3.65. The van der Waals surface area contributed by atoms with Gasteiger partial charge < -0.3 is 4.74 Å². The van der Waals surface area contributed by atoms with Crippen molar-refractivity contribution in [2.24, 2.45) is 5.92 Å². The van der Waals surface area contributed by atoms with Gasteiger partial charge in [0, 0.05) is 28.7 Å². The Bertz CT molecular complexity index is 1150. The second-order valence-corrected chi connectivity index (χ2v) is 10.4. The van der Waals surface area contributed by atoms with E-state index in [2.05, 4.69) is 24.0 Å². The molecule has 2 heterocycles. The maximum Gasteiger partial charge on any atom is 0.247 e. The second kappa shape index (κ2) is 10.1. The van der Waals surface area contributed by atoms with E-state index in [9.17, 15) is 4.79 Å². The minimum absolute atomic E-state index is 0.119. The number of aryl methyl sites for hydroxylation is 1. The summed E-state index contributed by atoms with van der Waals surface area (Å²) in [6.45, 7) is 7.96. The number of carbonyl (C=O) groups excluding carboxylic acids is 1. The number of nitrogens with zero attached hydrogens (tertiary/aromatic N) is 4. The number of anilines is 1. The summed E-state index contributed by atoms with van der Waals surface area (Å²) in [5, 5.41) is 9.45. The minimum Gasteiger partial charge on any atom is -0.447 e. The summed E-state index contributed by atoms with van der Waals surface area (Å²) >= 11 is 3.24. The second-order valence-electron chi connectivity index (χ2n) is 8.43. The van der Waals surface area contributed by atoms with Crippen molar-refractivity contribution < 1.29 is 9.53 Å². The van der Waals surface area contributed by atoms with Gasteiger partial charge in [-0.1, -0.05) is 49.4 Å². The molecule has 1 aliphatic heterocycles. The van der Waals surface area contributed by atoms with Gasteiger partial charge in [-0.25, -0.2) is 0 Å². The Labute approximate surface area is 203 Å². The molecule has 1 amide bonds. The van der Waals surface area contributed by atoms with Crippen LogP contribution >= 0.6 is 23.5 Å². The Balaban J connectivity index is 1.83. The number of hydrogen-bond donors (Lipinski definition) is 0. The van der Waals surface area contributed by atoms with Crippen LogP contribution in [-0.4, -0.2) is 33.1 Å². The lowest BCUT2D eigenvalue weighted by Gasteiger charge is -2.30. The molecule has 1 aromatic heterocycles. The summed E-state index contributed by atoms with van der Waals surface area (Å²) < 4.78 is 6.45. The maximum atomic E-state index is 12.9. The lowest BCUT2D eigenvalue weighted by Crippen LogP contribution is -2.36. The number of fused-ring (bicyclic) bond motifs is 3. The van der Waals surface area contributed by atoms with Gasteiger partial charge >= 0.3 is 0 Å². The lowest BCUT2D eigenvalue weighted by molar-refractivity contribution is -0.118. The molecule has 4 rings (SSSR count). The third-order valence-corrected chi connectivity index (χ3v) is 7.04. The predicted octanol–water partition coefficient (Wildman–Crippen LogP) is 6.15. The zero-order valence-electron chi connectivity index (χ0n) is 19.5. The van der Waals surface area contributed by atoms with E-state index in [-0.39, 0.29) is 5.91 Å². The van der Waals surface area contributed by atoms with Gasteiger partial charge in [-0.3, -0.25) is 9.69 Å². The zero-order chi connectivity index (χ0) is 23.5. The van der Waals surface area contributed by atoms with E-state index in [1.165, 1.54) is 0 Å². The molecule has 0 bridgehead atoms. The summed E-state index contributed by atoms with van der Waals surface area (Å²) in [5.74, 6) is 1.79. The molecule has 33 heavy (non-hydrogen) atoms. The standard InChI is InChI=1S/C25H28N4O2S2/c1-15(2)12-13-33-25-26-23-22(27-28-25)20-14-16(3)6-11-21(20)29(17(4)30)24(31-23)18-7-9-19(32-5)10-8-18/h6-11,14-15,24H,12-13H2,1-5H3/t24-/m0/s1. The van der Waals surface area contributed by atoms with Crippen LogP contribution in [0.25, 0.3) is 11.3 Å². The average Bonchev–Trinajstić information content (AvgIpc) is 2.93. The molecule has 0 fully saturated rings. The fraction of sp³-hybridized carbons (Fsp3) is 0.360. The zero-order valence-corrected chi connectivity index (χ0v) is 21.2. The van der Waals surface area contributed by atoms with E-state index in [1.54, 1.807) is 35.3 Å². The average molecular weight is 481 g/mol. The molecule has 0 spiro atoms. The number of ether oxygens (including phenoxy) is 1. The molecule has 1 aliphatic rings. The lowest BCUT2D eigenvalue weighted by atomic mass is 10.0. The van der Waals surface area contributed by atoms with Gasteiger partial charge in [0.25, 0.3) is 0 Å². The summed E-state index contributed by atoms with van der Waals surface area (Å²) in [5.41, 5.74) is 4.01. The van der Waals surface area contributed by atoms with Gasteiger partial charge in [-0.15, -0.1) is 22.0 Å².